The van der Waals surface area contributed by atoms with Gasteiger partial charge in [0, 0.05) is 10.5 Å². The largest absolute Gasteiger partial charge is 0.439 e. The van der Waals surface area contributed by atoms with E-state index in [4.69, 9.17) is 16.2 Å². The molecule has 0 amide bonds. The van der Waals surface area contributed by atoms with Gasteiger partial charge in [-0.05, 0) is 30.7 Å². The highest BCUT2D eigenvalue weighted by atomic mass is 79.9. The highest BCUT2D eigenvalue weighted by Crippen LogP contribution is 2.25. The Labute approximate surface area is 107 Å². The van der Waals surface area contributed by atoms with Crippen LogP contribution in [0.25, 0.3) is 0 Å². The molecule has 0 aliphatic rings. The summed E-state index contributed by atoms with van der Waals surface area (Å²) < 4.78 is 6.56. The van der Waals surface area contributed by atoms with Crippen LogP contribution in [0, 0.1) is 6.92 Å². The molecular formula is C11H11BrN4O. The third-order valence-electron chi connectivity index (χ3n) is 2.09. The van der Waals surface area contributed by atoms with Crippen LogP contribution in [0.5, 0.6) is 11.6 Å². The second-order valence-corrected chi connectivity index (χ2v) is 4.36. The quantitative estimate of drug-likeness (QED) is 0.888. The summed E-state index contributed by atoms with van der Waals surface area (Å²) in [6.45, 7) is 1.97. The van der Waals surface area contributed by atoms with Crippen molar-refractivity contribution < 1.29 is 4.74 Å². The molecule has 0 saturated carbocycles. The van der Waals surface area contributed by atoms with Crippen LogP contribution in [0.15, 0.2) is 28.7 Å². The van der Waals surface area contributed by atoms with E-state index in [1.807, 2.05) is 25.1 Å². The van der Waals surface area contributed by atoms with Gasteiger partial charge in [-0.2, -0.15) is 9.97 Å². The van der Waals surface area contributed by atoms with Gasteiger partial charge in [-0.25, -0.2) is 0 Å². The molecule has 1 aromatic carbocycles. The highest BCUT2D eigenvalue weighted by Gasteiger charge is 2.04. The van der Waals surface area contributed by atoms with Crippen LogP contribution in [0.4, 0.5) is 11.8 Å². The van der Waals surface area contributed by atoms with Gasteiger partial charge < -0.3 is 16.2 Å². The van der Waals surface area contributed by atoms with Gasteiger partial charge in [0.1, 0.15) is 11.6 Å². The molecule has 0 aliphatic heterocycles. The molecule has 0 radical (unpaired) electrons. The van der Waals surface area contributed by atoms with Gasteiger partial charge in [-0.15, -0.1) is 0 Å². The van der Waals surface area contributed by atoms with Crippen LogP contribution in [-0.4, -0.2) is 9.97 Å². The van der Waals surface area contributed by atoms with E-state index in [1.54, 1.807) is 0 Å². The van der Waals surface area contributed by atoms with E-state index in [9.17, 15) is 0 Å². The lowest BCUT2D eigenvalue weighted by atomic mass is 10.2. The number of benzene rings is 1. The zero-order chi connectivity index (χ0) is 12.4. The Bertz CT molecular complexity index is 539. The number of hydrogen-bond donors (Lipinski definition) is 2. The van der Waals surface area contributed by atoms with Crippen molar-refractivity contribution in [3.63, 3.8) is 0 Å². The van der Waals surface area contributed by atoms with Gasteiger partial charge in [0.2, 0.25) is 11.8 Å². The van der Waals surface area contributed by atoms with Crippen molar-refractivity contribution >= 4 is 27.7 Å². The van der Waals surface area contributed by atoms with Crippen LogP contribution < -0.4 is 16.2 Å². The van der Waals surface area contributed by atoms with Crippen LogP contribution in [0.1, 0.15) is 5.56 Å². The molecular weight excluding hydrogens is 284 g/mol. The first kappa shape index (κ1) is 11.7. The smallest absolute Gasteiger partial charge is 0.226 e. The lowest BCUT2D eigenvalue weighted by molar-refractivity contribution is 0.462. The molecule has 0 unspecified atom stereocenters. The van der Waals surface area contributed by atoms with Crippen molar-refractivity contribution in [3.05, 3.63) is 34.3 Å². The molecule has 6 heteroatoms. The summed E-state index contributed by atoms with van der Waals surface area (Å²) in [4.78, 5) is 7.70. The van der Waals surface area contributed by atoms with Gasteiger partial charge in [-0.1, -0.05) is 15.9 Å². The number of hydrogen-bond acceptors (Lipinski definition) is 5. The predicted octanol–water partition coefficient (Wildman–Crippen LogP) is 2.50. The predicted molar refractivity (Wildman–Crippen MR) is 69.8 cm³/mol. The van der Waals surface area contributed by atoms with Crippen molar-refractivity contribution in [1.29, 1.82) is 0 Å². The number of halogens is 1. The van der Waals surface area contributed by atoms with Gasteiger partial charge >= 0.3 is 0 Å². The molecule has 5 nitrogen and oxygen atoms in total. The van der Waals surface area contributed by atoms with Crippen LogP contribution in [0.2, 0.25) is 0 Å². The monoisotopic (exact) mass is 294 g/mol. The average Bonchev–Trinajstić information content (AvgIpc) is 2.22. The summed E-state index contributed by atoms with van der Waals surface area (Å²) >= 11 is 3.42. The Morgan fingerprint density at radius 3 is 2.59 bits per heavy atom. The lowest BCUT2D eigenvalue weighted by Gasteiger charge is -2.07. The standard InChI is InChI=1S/C11H11BrN4O/c1-6-4-7(2-3-8(6)12)17-10-5-9(13)15-11(14)16-10/h2-5H,1H3,(H4,13,14,15,16). The van der Waals surface area contributed by atoms with Crippen molar-refractivity contribution in [1.82, 2.24) is 9.97 Å². The van der Waals surface area contributed by atoms with Crippen molar-refractivity contribution in [3.8, 4) is 11.6 Å². The van der Waals surface area contributed by atoms with E-state index in [0.29, 0.717) is 11.6 Å². The summed E-state index contributed by atoms with van der Waals surface area (Å²) in [7, 11) is 0. The third kappa shape index (κ3) is 2.85. The minimum Gasteiger partial charge on any atom is -0.439 e. The van der Waals surface area contributed by atoms with Crippen LogP contribution in [-0.2, 0) is 0 Å². The van der Waals surface area contributed by atoms with E-state index in [-0.39, 0.29) is 11.8 Å². The molecule has 2 aromatic rings. The second kappa shape index (κ2) is 4.58. The maximum absolute atomic E-state index is 5.55. The Balaban J connectivity index is 2.28. The number of nitrogens with two attached hydrogens (primary N) is 2. The second-order valence-electron chi connectivity index (χ2n) is 3.50. The number of nitrogens with zero attached hydrogens (tertiary/aromatic N) is 2. The zero-order valence-corrected chi connectivity index (χ0v) is 10.7. The number of anilines is 2. The van der Waals surface area contributed by atoms with Gasteiger partial charge in [0.05, 0.1) is 0 Å². The molecule has 0 bridgehead atoms. The Hall–Kier alpha value is -1.82. The lowest BCUT2D eigenvalue weighted by Crippen LogP contribution is -2.00. The number of aryl methyl sites for hydroxylation is 1. The first-order chi connectivity index (χ1) is 8.04. The zero-order valence-electron chi connectivity index (χ0n) is 9.14. The molecule has 0 atom stereocenters. The van der Waals surface area contributed by atoms with Crippen LogP contribution >= 0.6 is 15.9 Å². The van der Waals surface area contributed by atoms with E-state index in [0.717, 1.165) is 10.0 Å². The van der Waals surface area contributed by atoms with Gasteiger partial charge in [0.25, 0.3) is 0 Å². The Morgan fingerprint density at radius 1 is 1.18 bits per heavy atom. The summed E-state index contributed by atoms with van der Waals surface area (Å²) in [5.74, 6) is 1.37. The summed E-state index contributed by atoms with van der Waals surface area (Å²) in [5, 5.41) is 0. The SMILES string of the molecule is Cc1cc(Oc2cc(N)nc(N)n2)ccc1Br. The number of aromatic nitrogens is 2. The average molecular weight is 295 g/mol. The summed E-state index contributed by atoms with van der Waals surface area (Å²) in [6, 6.07) is 7.14. The fraction of sp³-hybridized carbons (Fsp3) is 0.0909. The number of rotatable bonds is 2. The molecule has 0 aliphatic carbocycles. The molecule has 0 fully saturated rings. The van der Waals surface area contributed by atoms with Crippen molar-refractivity contribution in [2.45, 2.75) is 6.92 Å². The summed E-state index contributed by atoms with van der Waals surface area (Å²) in [5.41, 5.74) is 12.1. The molecule has 17 heavy (non-hydrogen) atoms. The van der Waals surface area contributed by atoms with E-state index >= 15 is 0 Å². The third-order valence-corrected chi connectivity index (χ3v) is 2.98. The highest BCUT2D eigenvalue weighted by molar-refractivity contribution is 9.10. The van der Waals surface area contributed by atoms with Gasteiger partial charge in [-0.3, -0.25) is 0 Å². The first-order valence-electron chi connectivity index (χ1n) is 4.88. The normalized spacial score (nSPS) is 10.2. The van der Waals surface area contributed by atoms with Crippen molar-refractivity contribution in [2.75, 3.05) is 11.5 Å². The molecule has 4 N–H and O–H groups in total. The fourth-order valence-electron chi connectivity index (χ4n) is 1.31. The Kier molecular flexibility index (Phi) is 3.14. The molecule has 0 saturated heterocycles. The van der Waals surface area contributed by atoms with Crippen LogP contribution in [0.3, 0.4) is 0 Å². The number of ether oxygens (including phenoxy) is 1. The number of nitrogen functional groups attached to an aromatic ring is 2. The van der Waals surface area contributed by atoms with E-state index in [1.165, 1.54) is 6.07 Å². The van der Waals surface area contributed by atoms with Crippen molar-refractivity contribution in [2.24, 2.45) is 0 Å². The first-order valence-corrected chi connectivity index (χ1v) is 5.68. The topological polar surface area (TPSA) is 87.0 Å². The van der Waals surface area contributed by atoms with E-state index < -0.39 is 0 Å². The molecule has 1 aromatic heterocycles. The molecule has 1 heterocycles. The molecule has 88 valence electrons. The van der Waals surface area contributed by atoms with Gasteiger partial charge in [0.15, 0.2) is 0 Å². The maximum Gasteiger partial charge on any atom is 0.226 e. The molecule has 0 spiro atoms. The minimum atomic E-state index is 0.0915. The maximum atomic E-state index is 5.55. The van der Waals surface area contributed by atoms with E-state index in [2.05, 4.69) is 25.9 Å². The minimum absolute atomic E-state index is 0.0915. The molecule has 2 rings (SSSR count). The Morgan fingerprint density at radius 2 is 1.94 bits per heavy atom. The fourth-order valence-corrected chi connectivity index (χ4v) is 1.56. The summed E-state index contributed by atoms with van der Waals surface area (Å²) in [6.07, 6.45) is 0.